The van der Waals surface area contributed by atoms with E-state index in [0.717, 1.165) is 12.0 Å². The molecule has 1 N–H and O–H groups in total. The number of benzene rings is 2. The van der Waals surface area contributed by atoms with E-state index >= 15 is 0 Å². The van der Waals surface area contributed by atoms with Crippen molar-refractivity contribution in [3.8, 4) is 5.75 Å². The fraction of sp³-hybridized carbons (Fsp3) is 0.158. The zero-order valence-corrected chi connectivity index (χ0v) is 14.0. The smallest absolute Gasteiger partial charge is 0.275 e. The molecule has 5 heteroatoms. The molecular weight excluding hydrogens is 324 g/mol. The van der Waals surface area contributed by atoms with Gasteiger partial charge in [-0.25, -0.2) is 4.99 Å². The molecule has 0 atom stereocenters. The van der Waals surface area contributed by atoms with Gasteiger partial charge in [0, 0.05) is 6.42 Å². The van der Waals surface area contributed by atoms with Gasteiger partial charge in [-0.2, -0.15) is 0 Å². The molecule has 0 spiro atoms. The average molecular weight is 341 g/mol. The van der Waals surface area contributed by atoms with E-state index in [1.165, 1.54) is 5.56 Å². The second kappa shape index (κ2) is 7.32. The molecule has 0 aliphatic carbocycles. The van der Waals surface area contributed by atoms with Crippen LogP contribution in [0.5, 0.6) is 5.75 Å². The molecule has 24 heavy (non-hydrogen) atoms. The second-order valence-corrected chi connectivity index (χ2v) is 5.83. The number of carbonyl (C=O) groups is 1. The molecule has 0 radical (unpaired) electrons. The monoisotopic (exact) mass is 340 g/mol. The van der Waals surface area contributed by atoms with Gasteiger partial charge in [0.15, 0.2) is 0 Å². The van der Waals surface area contributed by atoms with Crippen LogP contribution >= 0.6 is 11.6 Å². The first-order valence-electron chi connectivity index (χ1n) is 7.64. The Morgan fingerprint density at radius 1 is 1.17 bits per heavy atom. The Balaban J connectivity index is 1.72. The Morgan fingerprint density at radius 3 is 2.67 bits per heavy atom. The number of nitrogens with zero attached hydrogens (tertiary/aromatic N) is 1. The topological polar surface area (TPSA) is 50.7 Å². The van der Waals surface area contributed by atoms with E-state index in [-0.39, 0.29) is 5.91 Å². The molecule has 3 rings (SSSR count). The van der Waals surface area contributed by atoms with E-state index in [2.05, 4.69) is 22.4 Å². The Bertz CT molecular complexity index is 813. The number of hydrogen-bond acceptors (Lipinski definition) is 3. The summed E-state index contributed by atoms with van der Waals surface area (Å²) in [7, 11) is 1.56. The average Bonchev–Trinajstić information content (AvgIpc) is 2.94. The van der Waals surface area contributed by atoms with Crippen molar-refractivity contribution < 1.29 is 9.53 Å². The van der Waals surface area contributed by atoms with Crippen LogP contribution in [-0.4, -0.2) is 18.9 Å². The molecule has 0 saturated heterocycles. The molecule has 2 aromatic carbocycles. The summed E-state index contributed by atoms with van der Waals surface area (Å²) < 4.78 is 5.12. The largest absolute Gasteiger partial charge is 0.495 e. The molecule has 1 aliphatic heterocycles. The molecule has 1 aliphatic rings. The van der Waals surface area contributed by atoms with Crippen molar-refractivity contribution in [1.29, 1.82) is 0 Å². The first-order valence-corrected chi connectivity index (χ1v) is 8.01. The second-order valence-electron chi connectivity index (χ2n) is 5.42. The summed E-state index contributed by atoms with van der Waals surface area (Å²) in [5.41, 5.74) is 2.41. The van der Waals surface area contributed by atoms with Crippen LogP contribution in [0, 0.1) is 0 Å². The van der Waals surface area contributed by atoms with Gasteiger partial charge in [0.1, 0.15) is 17.3 Å². The van der Waals surface area contributed by atoms with Crippen LogP contribution in [0.3, 0.4) is 0 Å². The molecule has 0 saturated carbocycles. The van der Waals surface area contributed by atoms with Gasteiger partial charge in [-0.3, -0.25) is 4.79 Å². The number of amidine groups is 1. The van der Waals surface area contributed by atoms with E-state index in [4.69, 9.17) is 16.3 Å². The molecule has 122 valence electrons. The maximum Gasteiger partial charge on any atom is 0.275 e. The number of hydrogen-bond donors (Lipinski definition) is 1. The lowest BCUT2D eigenvalue weighted by Crippen LogP contribution is -2.24. The highest BCUT2D eigenvalue weighted by molar-refractivity contribution is 6.32. The van der Waals surface area contributed by atoms with Crippen LogP contribution in [0.15, 0.2) is 59.2 Å². The minimum Gasteiger partial charge on any atom is -0.495 e. The lowest BCUT2D eigenvalue weighted by molar-refractivity contribution is -0.115. The molecule has 0 aromatic heterocycles. The summed E-state index contributed by atoms with van der Waals surface area (Å²) in [5.74, 6) is 1.10. The summed E-state index contributed by atoms with van der Waals surface area (Å²) in [6, 6.07) is 15.5. The highest BCUT2D eigenvalue weighted by atomic mass is 35.5. The van der Waals surface area contributed by atoms with Crippen molar-refractivity contribution in [2.75, 3.05) is 7.11 Å². The number of amides is 1. The number of aliphatic imine (C=N–C) groups is 1. The van der Waals surface area contributed by atoms with Crippen molar-refractivity contribution in [3.05, 3.63) is 70.4 Å². The maximum atomic E-state index is 12.1. The predicted molar refractivity (Wildman–Crippen MR) is 96.3 cm³/mol. The standard InChI is InChI=1S/C19H17ClN2O2/c1-24-17-9-7-14(11-15(17)20)12-16-19(23)22-18(21-16)10-8-13-5-3-2-4-6-13/h2-7,9,11-12H,8,10H2,1H3,(H,21,22,23)/b16-12+. The number of aryl methyl sites for hydroxylation is 1. The van der Waals surface area contributed by atoms with Gasteiger partial charge in [0.25, 0.3) is 5.91 Å². The summed E-state index contributed by atoms with van der Waals surface area (Å²) >= 11 is 6.11. The SMILES string of the molecule is COc1ccc(/C=C2/N=C(CCc3ccccc3)NC2=O)cc1Cl. The van der Waals surface area contributed by atoms with Crippen LogP contribution < -0.4 is 10.1 Å². The number of halogens is 1. The molecule has 0 bridgehead atoms. The fourth-order valence-corrected chi connectivity index (χ4v) is 2.74. The normalized spacial score (nSPS) is 15.3. The number of methoxy groups -OCH3 is 1. The zero-order valence-electron chi connectivity index (χ0n) is 13.3. The Hall–Kier alpha value is -2.59. The Kier molecular flexibility index (Phi) is 4.96. The van der Waals surface area contributed by atoms with Gasteiger partial charge >= 0.3 is 0 Å². The third kappa shape index (κ3) is 3.84. The number of rotatable bonds is 5. The molecular formula is C19H17ClN2O2. The van der Waals surface area contributed by atoms with Crippen molar-refractivity contribution in [1.82, 2.24) is 5.32 Å². The quantitative estimate of drug-likeness (QED) is 0.840. The number of ether oxygens (including phenoxy) is 1. The summed E-state index contributed by atoms with van der Waals surface area (Å²) in [4.78, 5) is 16.5. The van der Waals surface area contributed by atoms with Crippen LogP contribution in [-0.2, 0) is 11.2 Å². The minimum atomic E-state index is -0.190. The van der Waals surface area contributed by atoms with Crippen LogP contribution in [0.2, 0.25) is 5.02 Å². The molecule has 0 unspecified atom stereocenters. The van der Waals surface area contributed by atoms with Crippen LogP contribution in [0.1, 0.15) is 17.5 Å². The first kappa shape index (κ1) is 16.3. The zero-order chi connectivity index (χ0) is 16.9. The van der Waals surface area contributed by atoms with Crippen molar-refractivity contribution in [3.63, 3.8) is 0 Å². The molecule has 1 amide bonds. The van der Waals surface area contributed by atoms with E-state index < -0.39 is 0 Å². The first-order chi connectivity index (χ1) is 11.7. The van der Waals surface area contributed by atoms with Gasteiger partial charge in [0.2, 0.25) is 0 Å². The third-order valence-electron chi connectivity index (χ3n) is 3.72. The summed E-state index contributed by atoms with van der Waals surface area (Å²) in [5, 5.41) is 3.32. The molecule has 0 fully saturated rings. The summed E-state index contributed by atoms with van der Waals surface area (Å²) in [6.45, 7) is 0. The number of carbonyl (C=O) groups excluding carboxylic acids is 1. The van der Waals surface area contributed by atoms with E-state index in [1.54, 1.807) is 25.3 Å². The van der Waals surface area contributed by atoms with Gasteiger partial charge in [-0.15, -0.1) is 0 Å². The van der Waals surface area contributed by atoms with E-state index in [1.807, 2.05) is 24.3 Å². The highest BCUT2D eigenvalue weighted by Crippen LogP contribution is 2.26. The molecule has 2 aromatic rings. The van der Waals surface area contributed by atoms with Crippen LogP contribution in [0.4, 0.5) is 0 Å². The summed E-state index contributed by atoms with van der Waals surface area (Å²) in [6.07, 6.45) is 3.24. The van der Waals surface area contributed by atoms with Gasteiger partial charge < -0.3 is 10.1 Å². The lowest BCUT2D eigenvalue weighted by Gasteiger charge is -2.03. The minimum absolute atomic E-state index is 0.190. The van der Waals surface area contributed by atoms with Gasteiger partial charge in [0.05, 0.1) is 12.1 Å². The third-order valence-corrected chi connectivity index (χ3v) is 4.01. The predicted octanol–water partition coefficient (Wildman–Crippen LogP) is 3.85. The number of nitrogens with one attached hydrogen (secondary N) is 1. The fourth-order valence-electron chi connectivity index (χ4n) is 2.47. The highest BCUT2D eigenvalue weighted by Gasteiger charge is 2.19. The van der Waals surface area contributed by atoms with E-state index in [0.29, 0.717) is 28.7 Å². The maximum absolute atomic E-state index is 12.1. The van der Waals surface area contributed by atoms with Gasteiger partial charge in [-0.05, 0) is 35.8 Å². The molecule has 1 heterocycles. The Labute approximate surface area is 145 Å². The van der Waals surface area contributed by atoms with Crippen molar-refractivity contribution >= 4 is 29.4 Å². The Morgan fingerprint density at radius 2 is 1.96 bits per heavy atom. The van der Waals surface area contributed by atoms with E-state index in [9.17, 15) is 4.79 Å². The van der Waals surface area contributed by atoms with Crippen molar-refractivity contribution in [2.24, 2.45) is 4.99 Å². The van der Waals surface area contributed by atoms with Crippen molar-refractivity contribution in [2.45, 2.75) is 12.8 Å². The lowest BCUT2D eigenvalue weighted by atomic mass is 10.1. The van der Waals surface area contributed by atoms with Crippen LogP contribution in [0.25, 0.3) is 6.08 Å². The van der Waals surface area contributed by atoms with Gasteiger partial charge in [-0.1, -0.05) is 48.0 Å². The molecule has 4 nitrogen and oxygen atoms in total.